The van der Waals surface area contributed by atoms with E-state index in [1.807, 2.05) is 0 Å². The van der Waals surface area contributed by atoms with E-state index in [1.165, 1.54) is 0 Å². The summed E-state index contributed by atoms with van der Waals surface area (Å²) in [5.74, 6) is 0.440. The number of sulfone groups is 1. The first-order valence-corrected chi connectivity index (χ1v) is 6.85. The lowest BCUT2D eigenvalue weighted by Crippen LogP contribution is -2.09. The highest BCUT2D eigenvalue weighted by atomic mass is 32.2. The maximum atomic E-state index is 10.9. The van der Waals surface area contributed by atoms with Crippen LogP contribution < -0.4 is 0 Å². The fourth-order valence-corrected chi connectivity index (χ4v) is 2.08. The van der Waals surface area contributed by atoms with Crippen molar-refractivity contribution in [1.29, 1.82) is 0 Å². The van der Waals surface area contributed by atoms with Crippen LogP contribution in [0.4, 0.5) is 0 Å². The topological polar surface area (TPSA) is 71.4 Å². The Morgan fingerprint density at radius 2 is 1.92 bits per heavy atom. The Kier molecular flexibility index (Phi) is 5.69. The molecule has 0 aromatic rings. The molecule has 0 aromatic heterocycles. The lowest BCUT2D eigenvalue weighted by molar-refractivity contribution is 0.560. The maximum Gasteiger partial charge on any atom is 0.152 e. The number of hydrogen-bond acceptors (Lipinski definition) is 3. The second kappa shape index (κ2) is 5.66. The van der Waals surface area contributed by atoms with Crippen LogP contribution in [0.3, 0.4) is 0 Å². The van der Waals surface area contributed by atoms with Crippen LogP contribution in [0.25, 0.3) is 0 Å². The molecule has 0 spiro atoms. The summed E-state index contributed by atoms with van der Waals surface area (Å²) >= 11 is -1.79. The van der Waals surface area contributed by atoms with E-state index < -0.39 is 20.9 Å². The third kappa shape index (κ3) is 6.75. The first kappa shape index (κ1) is 12.1. The molecule has 0 aromatic carbocycles. The monoisotopic (exact) mass is 214 g/mol. The van der Waals surface area contributed by atoms with Crippen LogP contribution in [-0.4, -0.2) is 34.4 Å². The first-order chi connectivity index (χ1) is 5.48. The van der Waals surface area contributed by atoms with Crippen molar-refractivity contribution in [2.45, 2.75) is 19.8 Å². The molecule has 1 atom stereocenters. The maximum absolute atomic E-state index is 10.9. The van der Waals surface area contributed by atoms with Crippen molar-refractivity contribution >= 4 is 20.9 Å². The van der Waals surface area contributed by atoms with E-state index in [4.69, 9.17) is 4.55 Å². The molecule has 6 heteroatoms. The van der Waals surface area contributed by atoms with Gasteiger partial charge in [-0.15, -0.1) is 0 Å². The van der Waals surface area contributed by atoms with Gasteiger partial charge in [-0.1, -0.05) is 6.92 Å². The van der Waals surface area contributed by atoms with Crippen LogP contribution in [0.1, 0.15) is 19.8 Å². The highest BCUT2D eigenvalue weighted by Crippen LogP contribution is 1.97. The summed E-state index contributed by atoms with van der Waals surface area (Å²) in [6.45, 7) is 1.60. The van der Waals surface area contributed by atoms with Crippen molar-refractivity contribution in [2.24, 2.45) is 0 Å². The van der Waals surface area contributed by atoms with Crippen LogP contribution in [0, 0.1) is 0 Å². The summed E-state index contributed by atoms with van der Waals surface area (Å²) in [5.41, 5.74) is 0. The lowest BCUT2D eigenvalue weighted by Gasteiger charge is -1.98. The first-order valence-electron chi connectivity index (χ1n) is 3.76. The van der Waals surface area contributed by atoms with E-state index in [9.17, 15) is 12.6 Å². The van der Waals surface area contributed by atoms with Crippen LogP contribution in [0.15, 0.2) is 0 Å². The van der Waals surface area contributed by atoms with Gasteiger partial charge in [0.2, 0.25) is 0 Å². The van der Waals surface area contributed by atoms with Gasteiger partial charge in [-0.3, -0.25) is 0 Å². The fraction of sp³-hybridized carbons (Fsp3) is 1.00. The largest absolute Gasteiger partial charge is 0.306 e. The molecule has 0 aliphatic carbocycles. The van der Waals surface area contributed by atoms with E-state index in [0.29, 0.717) is 12.8 Å². The van der Waals surface area contributed by atoms with Crippen molar-refractivity contribution in [2.75, 3.05) is 17.3 Å². The van der Waals surface area contributed by atoms with Gasteiger partial charge < -0.3 is 4.55 Å². The van der Waals surface area contributed by atoms with E-state index in [1.54, 1.807) is 6.92 Å². The molecule has 0 rings (SSSR count). The van der Waals surface area contributed by atoms with Gasteiger partial charge >= 0.3 is 0 Å². The third-order valence-corrected chi connectivity index (χ3v) is 3.89. The highest BCUT2D eigenvalue weighted by Gasteiger charge is 2.06. The summed E-state index contributed by atoms with van der Waals surface area (Å²) in [6, 6.07) is 0. The van der Waals surface area contributed by atoms with Crippen molar-refractivity contribution in [3.05, 3.63) is 0 Å². The Labute approximate surface area is 75.6 Å². The predicted molar refractivity (Wildman–Crippen MR) is 49.2 cm³/mol. The van der Waals surface area contributed by atoms with Crippen molar-refractivity contribution in [3.8, 4) is 0 Å². The van der Waals surface area contributed by atoms with E-state index in [-0.39, 0.29) is 17.3 Å². The average Bonchev–Trinajstić information content (AvgIpc) is 1.98. The van der Waals surface area contributed by atoms with Crippen molar-refractivity contribution in [1.82, 2.24) is 0 Å². The summed E-state index contributed by atoms with van der Waals surface area (Å²) in [5, 5.41) is 0. The molecule has 0 saturated carbocycles. The molecule has 74 valence electrons. The minimum absolute atomic E-state index is 0.126. The van der Waals surface area contributed by atoms with Crippen LogP contribution in [-0.2, 0) is 20.9 Å². The van der Waals surface area contributed by atoms with E-state index in [0.717, 1.165) is 0 Å². The molecule has 0 aliphatic heterocycles. The molecule has 1 N–H and O–H groups in total. The molecule has 4 nitrogen and oxygen atoms in total. The Bertz CT molecular complexity index is 232. The number of rotatable bonds is 6. The predicted octanol–water partition coefficient (Wildman–Crippen LogP) is 0.423. The Hall–Kier alpha value is 0.0600. The van der Waals surface area contributed by atoms with E-state index >= 15 is 0 Å². The quantitative estimate of drug-likeness (QED) is 0.514. The number of unbranched alkanes of at least 4 members (excludes halogenated alkanes) is 1. The Morgan fingerprint density at radius 1 is 1.33 bits per heavy atom. The SMILES string of the molecule is CCS(=O)(=O)CCCCS(=O)O. The molecule has 0 radical (unpaired) electrons. The van der Waals surface area contributed by atoms with Gasteiger partial charge in [0.15, 0.2) is 11.1 Å². The van der Waals surface area contributed by atoms with Crippen LogP contribution in [0.5, 0.6) is 0 Å². The molecule has 0 aliphatic rings. The zero-order chi connectivity index (χ0) is 9.61. The highest BCUT2D eigenvalue weighted by molar-refractivity contribution is 7.91. The second-order valence-corrected chi connectivity index (χ2v) is 5.99. The standard InChI is InChI=1S/C6H14O4S2/c1-2-12(9,10)6-4-3-5-11(7)8/h2-6H2,1H3,(H,7,8). The van der Waals surface area contributed by atoms with Gasteiger partial charge in [0, 0.05) is 11.5 Å². The second-order valence-electron chi connectivity index (χ2n) is 2.47. The fourth-order valence-electron chi connectivity index (χ4n) is 0.692. The molecule has 0 fully saturated rings. The molecule has 12 heavy (non-hydrogen) atoms. The van der Waals surface area contributed by atoms with Gasteiger partial charge in [0.1, 0.15) is 9.84 Å². The summed E-state index contributed by atoms with van der Waals surface area (Å²) in [7, 11) is -2.90. The van der Waals surface area contributed by atoms with Crippen molar-refractivity contribution in [3.63, 3.8) is 0 Å². The van der Waals surface area contributed by atoms with Crippen LogP contribution in [0.2, 0.25) is 0 Å². The minimum atomic E-state index is -2.90. The van der Waals surface area contributed by atoms with Gasteiger partial charge in [0.05, 0.1) is 5.75 Å². The van der Waals surface area contributed by atoms with Gasteiger partial charge in [0.25, 0.3) is 0 Å². The summed E-state index contributed by atoms with van der Waals surface area (Å²) in [6.07, 6.45) is 0.963. The summed E-state index contributed by atoms with van der Waals surface area (Å²) in [4.78, 5) is 0. The van der Waals surface area contributed by atoms with E-state index in [2.05, 4.69) is 0 Å². The van der Waals surface area contributed by atoms with Gasteiger partial charge in [-0.25, -0.2) is 12.6 Å². The smallest absolute Gasteiger partial charge is 0.152 e. The Balaban J connectivity index is 3.51. The molecular weight excluding hydrogens is 200 g/mol. The molecule has 1 unspecified atom stereocenters. The lowest BCUT2D eigenvalue weighted by atomic mass is 10.4. The van der Waals surface area contributed by atoms with Crippen LogP contribution >= 0.6 is 0 Å². The van der Waals surface area contributed by atoms with Gasteiger partial charge in [-0.05, 0) is 12.8 Å². The zero-order valence-corrected chi connectivity index (χ0v) is 8.66. The van der Waals surface area contributed by atoms with Gasteiger partial charge in [-0.2, -0.15) is 0 Å². The van der Waals surface area contributed by atoms with Crippen molar-refractivity contribution < 1.29 is 17.2 Å². The number of hydrogen-bond donors (Lipinski definition) is 1. The molecule has 0 heterocycles. The molecule has 0 bridgehead atoms. The normalized spacial score (nSPS) is 14.5. The molecule has 0 amide bonds. The Morgan fingerprint density at radius 3 is 2.33 bits per heavy atom. The third-order valence-electron chi connectivity index (χ3n) is 1.46. The molecule has 0 saturated heterocycles. The minimum Gasteiger partial charge on any atom is -0.306 e. The summed E-state index contributed by atoms with van der Waals surface area (Å²) < 4.78 is 40.3. The molecular formula is C6H14O4S2. The zero-order valence-electron chi connectivity index (χ0n) is 7.02. The average molecular weight is 214 g/mol.